The van der Waals surface area contributed by atoms with Gasteiger partial charge in [-0.05, 0) is 56.5 Å². The summed E-state index contributed by atoms with van der Waals surface area (Å²) in [5.74, 6) is 1.09. The number of aromatic nitrogens is 1. The van der Waals surface area contributed by atoms with Gasteiger partial charge in [0.25, 0.3) is 5.91 Å². The Labute approximate surface area is 149 Å². The number of amides is 1. The van der Waals surface area contributed by atoms with Crippen molar-refractivity contribution in [3.05, 3.63) is 48.2 Å². The number of hydrogen-bond donors (Lipinski definition) is 1. The monoisotopic (exact) mass is 339 g/mol. The predicted octanol–water partition coefficient (Wildman–Crippen LogP) is 3.97. The zero-order chi connectivity index (χ0) is 17.8. The number of ether oxygens (including phenoxy) is 1. The summed E-state index contributed by atoms with van der Waals surface area (Å²) < 4.78 is 5.49. The molecule has 0 aliphatic carbocycles. The van der Waals surface area contributed by atoms with Gasteiger partial charge >= 0.3 is 0 Å². The van der Waals surface area contributed by atoms with Gasteiger partial charge in [0.2, 0.25) is 5.88 Å². The molecule has 0 radical (unpaired) electrons. The molecule has 2 aromatic rings. The molecule has 1 aliphatic rings. The minimum Gasteiger partial charge on any atom is -0.475 e. The maximum absolute atomic E-state index is 12.3. The normalized spacial score (nSPS) is 17.0. The smallest absolute Gasteiger partial charge is 0.257 e. The zero-order valence-electron chi connectivity index (χ0n) is 15.0. The van der Waals surface area contributed by atoms with Gasteiger partial charge in [-0.25, -0.2) is 4.98 Å². The van der Waals surface area contributed by atoms with Crippen molar-refractivity contribution in [3.8, 4) is 5.88 Å². The predicted molar refractivity (Wildman–Crippen MR) is 100 cm³/mol. The lowest BCUT2D eigenvalue weighted by Crippen LogP contribution is -2.19. The first-order valence-electron chi connectivity index (χ1n) is 8.80. The first-order chi connectivity index (χ1) is 12.0. The van der Waals surface area contributed by atoms with Crippen LogP contribution in [0.2, 0.25) is 0 Å². The molecule has 5 heteroatoms. The van der Waals surface area contributed by atoms with Crippen LogP contribution in [0.15, 0.2) is 42.6 Å². The van der Waals surface area contributed by atoms with Crippen LogP contribution in [0.3, 0.4) is 0 Å². The first-order valence-corrected chi connectivity index (χ1v) is 8.80. The Morgan fingerprint density at radius 1 is 1.24 bits per heavy atom. The Balaban J connectivity index is 1.60. The van der Waals surface area contributed by atoms with E-state index < -0.39 is 0 Å². The molecule has 1 N–H and O–H groups in total. The fraction of sp³-hybridized carbons (Fsp3) is 0.400. The number of hydrogen-bond acceptors (Lipinski definition) is 4. The molecule has 2 heterocycles. The van der Waals surface area contributed by atoms with Crippen LogP contribution in [-0.4, -0.2) is 30.1 Å². The number of anilines is 2. The van der Waals surface area contributed by atoms with Crippen molar-refractivity contribution in [1.29, 1.82) is 0 Å². The lowest BCUT2D eigenvalue weighted by Gasteiger charge is -2.18. The highest BCUT2D eigenvalue weighted by molar-refractivity contribution is 6.04. The number of benzene rings is 1. The average Bonchev–Trinajstić information content (AvgIpc) is 3.02. The summed E-state index contributed by atoms with van der Waals surface area (Å²) >= 11 is 0. The molecule has 0 spiro atoms. The molecule has 132 valence electrons. The van der Waals surface area contributed by atoms with Crippen LogP contribution in [0.4, 0.5) is 11.4 Å². The van der Waals surface area contributed by atoms with Crippen molar-refractivity contribution in [1.82, 2.24) is 4.98 Å². The molecule has 5 nitrogen and oxygen atoms in total. The van der Waals surface area contributed by atoms with Crippen molar-refractivity contribution in [2.75, 3.05) is 23.3 Å². The van der Waals surface area contributed by atoms with E-state index in [9.17, 15) is 4.79 Å². The van der Waals surface area contributed by atoms with E-state index in [2.05, 4.69) is 34.3 Å². The van der Waals surface area contributed by atoms with Gasteiger partial charge in [-0.15, -0.1) is 0 Å². The Morgan fingerprint density at radius 2 is 2.00 bits per heavy atom. The van der Waals surface area contributed by atoms with Crippen LogP contribution in [0.5, 0.6) is 5.88 Å². The summed E-state index contributed by atoms with van der Waals surface area (Å²) in [6.07, 6.45) is 2.83. The molecular formula is C20H25N3O2. The summed E-state index contributed by atoms with van der Waals surface area (Å²) in [6.45, 7) is 8.36. The van der Waals surface area contributed by atoms with E-state index in [0.717, 1.165) is 24.7 Å². The van der Waals surface area contributed by atoms with Crippen molar-refractivity contribution < 1.29 is 9.53 Å². The van der Waals surface area contributed by atoms with E-state index >= 15 is 0 Å². The Bertz CT molecular complexity index is 711. The minimum absolute atomic E-state index is 0.0595. The first kappa shape index (κ1) is 17.3. The third-order valence-corrected chi connectivity index (χ3v) is 4.27. The van der Waals surface area contributed by atoms with Gasteiger partial charge < -0.3 is 15.0 Å². The van der Waals surface area contributed by atoms with Crippen LogP contribution in [-0.2, 0) is 0 Å². The molecule has 0 bridgehead atoms. The van der Waals surface area contributed by atoms with Crippen LogP contribution >= 0.6 is 0 Å². The molecule has 1 aromatic carbocycles. The van der Waals surface area contributed by atoms with Crippen molar-refractivity contribution >= 4 is 17.3 Å². The van der Waals surface area contributed by atoms with Gasteiger partial charge in [0.1, 0.15) is 0 Å². The molecule has 0 saturated carbocycles. The molecule has 1 aromatic heterocycles. The average molecular weight is 339 g/mol. The highest BCUT2D eigenvalue weighted by atomic mass is 16.5. The van der Waals surface area contributed by atoms with Crippen LogP contribution in [0.25, 0.3) is 0 Å². The summed E-state index contributed by atoms with van der Waals surface area (Å²) in [5.41, 5.74) is 2.50. The van der Waals surface area contributed by atoms with Gasteiger partial charge in [0, 0.05) is 36.7 Å². The fourth-order valence-corrected chi connectivity index (χ4v) is 2.95. The van der Waals surface area contributed by atoms with E-state index in [-0.39, 0.29) is 12.0 Å². The number of nitrogens with one attached hydrogen (secondary N) is 1. The van der Waals surface area contributed by atoms with Gasteiger partial charge in [-0.1, -0.05) is 6.92 Å². The van der Waals surface area contributed by atoms with Crippen LogP contribution in [0, 0.1) is 5.92 Å². The van der Waals surface area contributed by atoms with E-state index in [0.29, 0.717) is 11.4 Å². The number of pyridine rings is 1. The maximum atomic E-state index is 12.3. The largest absolute Gasteiger partial charge is 0.475 e. The number of rotatable bonds is 5. The highest BCUT2D eigenvalue weighted by Crippen LogP contribution is 2.25. The highest BCUT2D eigenvalue weighted by Gasteiger charge is 2.18. The third kappa shape index (κ3) is 4.50. The summed E-state index contributed by atoms with van der Waals surface area (Å²) in [7, 11) is 0. The number of carbonyl (C=O) groups excluding carboxylic acids is 1. The summed E-state index contributed by atoms with van der Waals surface area (Å²) in [5, 5.41) is 2.91. The Kier molecular flexibility index (Phi) is 5.22. The zero-order valence-corrected chi connectivity index (χ0v) is 15.0. The van der Waals surface area contributed by atoms with Crippen LogP contribution in [0.1, 0.15) is 37.6 Å². The molecule has 1 fully saturated rings. The van der Waals surface area contributed by atoms with Crippen LogP contribution < -0.4 is 15.0 Å². The Hall–Kier alpha value is -2.56. The lowest BCUT2D eigenvalue weighted by molar-refractivity contribution is 0.102. The second kappa shape index (κ2) is 7.55. The van der Waals surface area contributed by atoms with Crippen molar-refractivity contribution in [2.24, 2.45) is 5.92 Å². The third-order valence-electron chi connectivity index (χ3n) is 4.27. The molecule has 1 aliphatic heterocycles. The quantitative estimate of drug-likeness (QED) is 0.895. The van der Waals surface area contributed by atoms with Crippen molar-refractivity contribution in [3.63, 3.8) is 0 Å². The number of nitrogens with zero attached hydrogens (tertiary/aromatic N) is 2. The van der Waals surface area contributed by atoms with E-state index in [1.165, 1.54) is 18.3 Å². The topological polar surface area (TPSA) is 54.5 Å². The van der Waals surface area contributed by atoms with E-state index in [1.807, 2.05) is 26.0 Å². The SMILES string of the molecule is CC1CCN(c2ccc(NC(=O)c3ccc(OC(C)C)nc3)cc2)C1. The molecule has 3 rings (SSSR count). The van der Waals surface area contributed by atoms with E-state index in [1.54, 1.807) is 12.1 Å². The van der Waals surface area contributed by atoms with Gasteiger partial charge in [0.05, 0.1) is 11.7 Å². The van der Waals surface area contributed by atoms with Gasteiger partial charge in [0.15, 0.2) is 0 Å². The minimum atomic E-state index is -0.175. The molecule has 1 unspecified atom stereocenters. The summed E-state index contributed by atoms with van der Waals surface area (Å²) in [4.78, 5) is 18.9. The van der Waals surface area contributed by atoms with Gasteiger partial charge in [-0.2, -0.15) is 0 Å². The Morgan fingerprint density at radius 3 is 2.56 bits per heavy atom. The maximum Gasteiger partial charge on any atom is 0.257 e. The van der Waals surface area contributed by atoms with Crippen molar-refractivity contribution in [2.45, 2.75) is 33.3 Å². The molecular weight excluding hydrogens is 314 g/mol. The summed E-state index contributed by atoms with van der Waals surface area (Å²) in [6, 6.07) is 11.4. The second-order valence-electron chi connectivity index (χ2n) is 6.89. The number of carbonyl (C=O) groups is 1. The van der Waals surface area contributed by atoms with Gasteiger partial charge in [-0.3, -0.25) is 4.79 Å². The standard InChI is InChI=1S/C20H25N3O2/c1-14(2)25-19-9-4-16(12-21-19)20(24)22-17-5-7-18(8-6-17)23-11-10-15(3)13-23/h4-9,12,14-15H,10-11,13H2,1-3H3,(H,22,24). The van der Waals surface area contributed by atoms with E-state index in [4.69, 9.17) is 4.74 Å². The lowest BCUT2D eigenvalue weighted by atomic mass is 10.2. The second-order valence-corrected chi connectivity index (χ2v) is 6.89. The fourth-order valence-electron chi connectivity index (χ4n) is 2.95. The molecule has 1 amide bonds. The molecule has 1 atom stereocenters. The molecule has 25 heavy (non-hydrogen) atoms. The molecule has 1 saturated heterocycles.